The van der Waals surface area contributed by atoms with Crippen LogP contribution in [0.5, 0.6) is 5.75 Å². The van der Waals surface area contributed by atoms with Crippen LogP contribution in [0.1, 0.15) is 15.9 Å². The van der Waals surface area contributed by atoms with Crippen LogP contribution < -0.4 is 4.74 Å². The van der Waals surface area contributed by atoms with E-state index in [0.29, 0.717) is 5.15 Å². The average Bonchev–Trinajstić information content (AvgIpc) is 2.49. The van der Waals surface area contributed by atoms with E-state index in [0.717, 1.165) is 24.8 Å². The minimum absolute atomic E-state index is 0.210. The smallest absolute Gasteiger partial charge is 0.257 e. The molecule has 0 N–H and O–H groups in total. The molecule has 0 aliphatic heterocycles. The maximum absolute atomic E-state index is 14.1. The van der Waals surface area contributed by atoms with Crippen LogP contribution >= 0.6 is 11.6 Å². The molecule has 7 heteroatoms. The molecule has 0 bridgehead atoms. The molecule has 1 heterocycles. The molecule has 0 aliphatic rings. The lowest BCUT2D eigenvalue weighted by Crippen LogP contribution is -2.27. The number of hydrogen-bond acceptors (Lipinski definition) is 3. The van der Waals surface area contributed by atoms with Gasteiger partial charge in [-0.1, -0.05) is 17.7 Å². The number of halogens is 3. The first kappa shape index (κ1) is 16.2. The highest BCUT2D eigenvalue weighted by molar-refractivity contribution is 6.29. The van der Waals surface area contributed by atoms with Crippen molar-refractivity contribution in [3.63, 3.8) is 0 Å². The van der Waals surface area contributed by atoms with Crippen molar-refractivity contribution in [1.82, 2.24) is 9.88 Å². The van der Waals surface area contributed by atoms with E-state index in [2.05, 4.69) is 9.72 Å². The molecular weight excluding hydrogens is 314 g/mol. The van der Waals surface area contributed by atoms with Gasteiger partial charge in [0.2, 0.25) is 0 Å². The van der Waals surface area contributed by atoms with E-state index in [1.807, 2.05) is 0 Å². The van der Waals surface area contributed by atoms with Crippen LogP contribution in [0.25, 0.3) is 0 Å². The zero-order valence-corrected chi connectivity index (χ0v) is 12.7. The molecule has 22 heavy (non-hydrogen) atoms. The second-order valence-electron chi connectivity index (χ2n) is 4.59. The van der Waals surface area contributed by atoms with Crippen molar-refractivity contribution in [2.24, 2.45) is 0 Å². The molecule has 0 radical (unpaired) electrons. The lowest BCUT2D eigenvalue weighted by molar-refractivity contribution is 0.0779. The molecule has 0 atom stereocenters. The van der Waals surface area contributed by atoms with Gasteiger partial charge in [-0.3, -0.25) is 4.79 Å². The van der Waals surface area contributed by atoms with Crippen molar-refractivity contribution < 1.29 is 18.3 Å². The summed E-state index contributed by atoms with van der Waals surface area (Å²) in [4.78, 5) is 17.5. The van der Waals surface area contributed by atoms with Crippen LogP contribution in [0.4, 0.5) is 8.78 Å². The molecule has 116 valence electrons. The molecule has 0 fully saturated rings. The van der Waals surface area contributed by atoms with E-state index in [-0.39, 0.29) is 12.1 Å². The monoisotopic (exact) mass is 326 g/mol. The lowest BCUT2D eigenvalue weighted by Gasteiger charge is -2.18. The zero-order chi connectivity index (χ0) is 16.3. The highest BCUT2D eigenvalue weighted by atomic mass is 35.5. The van der Waals surface area contributed by atoms with Crippen molar-refractivity contribution in [2.45, 2.75) is 6.54 Å². The van der Waals surface area contributed by atoms with Gasteiger partial charge in [0.05, 0.1) is 12.7 Å². The first-order valence-electron chi connectivity index (χ1n) is 6.32. The Morgan fingerprint density at radius 2 is 2.05 bits per heavy atom. The molecular formula is C15H13ClF2N2O2. The summed E-state index contributed by atoms with van der Waals surface area (Å²) in [6, 6.07) is 5.39. The summed E-state index contributed by atoms with van der Waals surface area (Å²) in [5.74, 6) is -3.05. The van der Waals surface area contributed by atoms with Gasteiger partial charge in [0.1, 0.15) is 5.15 Å². The predicted molar refractivity (Wildman–Crippen MR) is 78.0 cm³/mol. The van der Waals surface area contributed by atoms with Gasteiger partial charge in [0.25, 0.3) is 5.91 Å². The number of nitrogens with zero attached hydrogens (tertiary/aromatic N) is 2. The molecule has 0 saturated heterocycles. The van der Waals surface area contributed by atoms with Gasteiger partial charge in [-0.2, -0.15) is 0 Å². The fourth-order valence-corrected chi connectivity index (χ4v) is 2.05. The third kappa shape index (κ3) is 3.33. The van der Waals surface area contributed by atoms with Gasteiger partial charge in [-0.15, -0.1) is 0 Å². The van der Waals surface area contributed by atoms with Crippen LogP contribution in [0.15, 0.2) is 30.5 Å². The van der Waals surface area contributed by atoms with Gasteiger partial charge in [-0.05, 0) is 23.8 Å². The van der Waals surface area contributed by atoms with Gasteiger partial charge >= 0.3 is 0 Å². The molecule has 2 aromatic rings. The van der Waals surface area contributed by atoms with E-state index >= 15 is 0 Å². The average molecular weight is 327 g/mol. The molecule has 0 aliphatic carbocycles. The quantitative estimate of drug-likeness (QED) is 0.810. The lowest BCUT2D eigenvalue weighted by atomic mass is 10.1. The maximum Gasteiger partial charge on any atom is 0.257 e. The van der Waals surface area contributed by atoms with Gasteiger partial charge in [0, 0.05) is 19.8 Å². The number of amides is 1. The molecule has 0 spiro atoms. The predicted octanol–water partition coefficient (Wildman–Crippen LogP) is 3.29. The summed E-state index contributed by atoms with van der Waals surface area (Å²) in [5, 5.41) is 0.340. The van der Waals surface area contributed by atoms with Gasteiger partial charge in [-0.25, -0.2) is 13.8 Å². The zero-order valence-electron chi connectivity index (χ0n) is 11.9. The number of ether oxygens (including phenoxy) is 1. The van der Waals surface area contributed by atoms with Crippen LogP contribution in [-0.4, -0.2) is 29.9 Å². The number of pyridine rings is 1. The van der Waals surface area contributed by atoms with Crippen LogP contribution in [-0.2, 0) is 6.54 Å². The second-order valence-corrected chi connectivity index (χ2v) is 4.98. The number of carbonyl (C=O) groups is 1. The van der Waals surface area contributed by atoms with E-state index < -0.39 is 23.3 Å². The number of carbonyl (C=O) groups excluding carboxylic acids is 1. The van der Waals surface area contributed by atoms with E-state index in [4.69, 9.17) is 11.6 Å². The van der Waals surface area contributed by atoms with Crippen molar-refractivity contribution in [1.29, 1.82) is 0 Å². The Kier molecular flexibility index (Phi) is 4.92. The highest BCUT2D eigenvalue weighted by Crippen LogP contribution is 2.25. The fourth-order valence-electron chi connectivity index (χ4n) is 1.94. The van der Waals surface area contributed by atoms with Crippen molar-refractivity contribution in [2.75, 3.05) is 14.2 Å². The molecule has 0 saturated carbocycles. The van der Waals surface area contributed by atoms with Crippen molar-refractivity contribution >= 4 is 17.5 Å². The Morgan fingerprint density at radius 3 is 2.64 bits per heavy atom. The van der Waals surface area contributed by atoms with Gasteiger partial charge in [0.15, 0.2) is 17.4 Å². The Bertz CT molecular complexity index is 693. The molecule has 4 nitrogen and oxygen atoms in total. The van der Waals surface area contributed by atoms with Crippen molar-refractivity contribution in [3.8, 4) is 5.75 Å². The summed E-state index contributed by atoms with van der Waals surface area (Å²) in [6.07, 6.45) is 1.52. The number of rotatable bonds is 4. The molecule has 2 rings (SSSR count). The minimum Gasteiger partial charge on any atom is -0.491 e. The topological polar surface area (TPSA) is 42.4 Å². The number of hydrogen-bond donors (Lipinski definition) is 0. The normalized spacial score (nSPS) is 10.4. The molecule has 1 amide bonds. The molecule has 1 aromatic carbocycles. The first-order valence-corrected chi connectivity index (χ1v) is 6.69. The number of methoxy groups -OCH3 is 1. The summed E-state index contributed by atoms with van der Waals surface area (Å²) >= 11 is 5.68. The van der Waals surface area contributed by atoms with Gasteiger partial charge < -0.3 is 9.64 Å². The maximum atomic E-state index is 14.1. The minimum atomic E-state index is -1.02. The summed E-state index contributed by atoms with van der Waals surface area (Å²) in [5.41, 5.74) is 0.470. The summed E-state index contributed by atoms with van der Waals surface area (Å²) < 4.78 is 32.1. The van der Waals surface area contributed by atoms with E-state index in [9.17, 15) is 13.6 Å². The first-order chi connectivity index (χ1) is 10.4. The molecule has 0 unspecified atom stereocenters. The fraction of sp³-hybridized carbons (Fsp3) is 0.200. The molecule has 1 aromatic heterocycles. The number of aromatic nitrogens is 1. The second kappa shape index (κ2) is 6.70. The summed E-state index contributed by atoms with van der Waals surface area (Å²) in [7, 11) is 2.64. The highest BCUT2D eigenvalue weighted by Gasteiger charge is 2.22. The SMILES string of the molecule is COc1c(F)ccc(C(=O)N(C)Cc2ccc(Cl)nc2)c1F. The Morgan fingerprint density at radius 1 is 1.32 bits per heavy atom. The Labute approximate surface area is 131 Å². The third-order valence-corrected chi connectivity index (χ3v) is 3.26. The van der Waals surface area contributed by atoms with Crippen molar-refractivity contribution in [3.05, 3.63) is 58.4 Å². The summed E-state index contributed by atoms with van der Waals surface area (Å²) in [6.45, 7) is 0.210. The third-order valence-electron chi connectivity index (χ3n) is 3.04. The Hall–Kier alpha value is -2.21. The van der Waals surface area contributed by atoms with Crippen LogP contribution in [0, 0.1) is 11.6 Å². The number of benzene rings is 1. The van der Waals surface area contributed by atoms with E-state index in [1.165, 1.54) is 18.1 Å². The standard InChI is InChI=1S/C15H13ClF2N2O2/c1-20(8-9-3-6-12(16)19-7-9)15(21)10-4-5-11(17)14(22-2)13(10)18/h3-7H,8H2,1-2H3. The largest absolute Gasteiger partial charge is 0.491 e. The Balaban J connectivity index is 2.22. The van der Waals surface area contributed by atoms with Crippen LogP contribution in [0.3, 0.4) is 0 Å². The van der Waals surface area contributed by atoms with Crippen LogP contribution in [0.2, 0.25) is 5.15 Å². The van der Waals surface area contributed by atoms with E-state index in [1.54, 1.807) is 12.1 Å².